The number of nitrogens with zero attached hydrogens (tertiary/aromatic N) is 1. The monoisotopic (exact) mass is 363 g/mol. The molecule has 1 amide bonds. The van der Waals surface area contributed by atoms with Crippen LogP contribution in [-0.4, -0.2) is 31.6 Å². The predicted octanol–water partition coefficient (Wildman–Crippen LogP) is 3.50. The molecule has 0 bridgehead atoms. The van der Waals surface area contributed by atoms with Crippen LogP contribution in [0, 0.1) is 0 Å². The summed E-state index contributed by atoms with van der Waals surface area (Å²) in [7, 11) is 3.37. The van der Waals surface area contributed by atoms with Gasteiger partial charge in [-0.1, -0.05) is 30.3 Å². The molecular weight excluding hydrogens is 346 g/mol. The first-order valence-corrected chi connectivity index (χ1v) is 7.64. The molecule has 116 valence electrons. The topological polar surface area (TPSA) is 38.8 Å². The first kappa shape index (κ1) is 16.4. The lowest BCUT2D eigenvalue weighted by Gasteiger charge is -2.19. The lowest BCUT2D eigenvalue weighted by atomic mass is 10.2. The third-order valence-electron chi connectivity index (χ3n) is 3.21. The number of halogens is 1. The predicted molar refractivity (Wildman–Crippen MR) is 89.1 cm³/mol. The minimum Gasteiger partial charge on any atom is -0.496 e. The van der Waals surface area contributed by atoms with Gasteiger partial charge in [-0.15, -0.1) is 0 Å². The lowest BCUT2D eigenvalue weighted by Crippen LogP contribution is -2.31. The number of hydrogen-bond acceptors (Lipinski definition) is 3. The van der Waals surface area contributed by atoms with E-state index >= 15 is 0 Å². The molecular formula is C17H18BrNO3. The summed E-state index contributed by atoms with van der Waals surface area (Å²) in [6, 6.07) is 15.1. The number of amides is 1. The van der Waals surface area contributed by atoms with Crippen molar-refractivity contribution >= 4 is 21.8 Å². The number of para-hydroxylation sites is 2. The number of carbonyl (C=O) groups excluding carboxylic acids is 1. The Kier molecular flexibility index (Phi) is 5.83. The van der Waals surface area contributed by atoms with Gasteiger partial charge in [-0.3, -0.25) is 4.79 Å². The third-order valence-corrected chi connectivity index (χ3v) is 3.87. The smallest absolute Gasteiger partial charge is 0.260 e. The Labute approximate surface area is 138 Å². The van der Waals surface area contributed by atoms with Crippen LogP contribution in [0.2, 0.25) is 0 Å². The van der Waals surface area contributed by atoms with Crippen molar-refractivity contribution in [2.24, 2.45) is 0 Å². The fourth-order valence-corrected chi connectivity index (χ4v) is 2.39. The van der Waals surface area contributed by atoms with E-state index in [1.54, 1.807) is 19.1 Å². The van der Waals surface area contributed by atoms with Gasteiger partial charge in [0.2, 0.25) is 0 Å². The molecule has 0 aliphatic heterocycles. The number of rotatable bonds is 6. The zero-order valence-corrected chi connectivity index (χ0v) is 14.2. The molecule has 0 atom stereocenters. The van der Waals surface area contributed by atoms with Crippen LogP contribution in [0.25, 0.3) is 0 Å². The second kappa shape index (κ2) is 7.84. The summed E-state index contributed by atoms with van der Waals surface area (Å²) in [5.74, 6) is 1.33. The van der Waals surface area contributed by atoms with Gasteiger partial charge >= 0.3 is 0 Å². The van der Waals surface area contributed by atoms with Crippen molar-refractivity contribution in [3.05, 3.63) is 58.6 Å². The molecule has 5 heteroatoms. The molecule has 2 rings (SSSR count). The van der Waals surface area contributed by atoms with E-state index in [-0.39, 0.29) is 12.5 Å². The third kappa shape index (κ3) is 4.24. The molecule has 0 saturated heterocycles. The second-order valence-corrected chi connectivity index (χ2v) is 5.64. The highest BCUT2D eigenvalue weighted by Crippen LogP contribution is 2.24. The summed E-state index contributed by atoms with van der Waals surface area (Å²) < 4.78 is 11.7. The second-order valence-electron chi connectivity index (χ2n) is 4.78. The van der Waals surface area contributed by atoms with E-state index in [0.717, 1.165) is 15.8 Å². The lowest BCUT2D eigenvalue weighted by molar-refractivity contribution is -0.132. The van der Waals surface area contributed by atoms with Crippen LogP contribution >= 0.6 is 15.9 Å². The van der Waals surface area contributed by atoms with Crippen LogP contribution in [0.3, 0.4) is 0 Å². The van der Waals surface area contributed by atoms with Gasteiger partial charge in [0.1, 0.15) is 11.5 Å². The number of ether oxygens (including phenoxy) is 2. The van der Waals surface area contributed by atoms with Gasteiger partial charge in [-0.25, -0.2) is 0 Å². The Bertz CT molecular complexity index is 645. The van der Waals surface area contributed by atoms with Crippen molar-refractivity contribution in [1.29, 1.82) is 0 Å². The Morgan fingerprint density at radius 1 is 1.09 bits per heavy atom. The molecule has 22 heavy (non-hydrogen) atoms. The van der Waals surface area contributed by atoms with Gasteiger partial charge in [0.05, 0.1) is 11.6 Å². The fourth-order valence-electron chi connectivity index (χ4n) is 1.99. The molecule has 4 nitrogen and oxygen atoms in total. The molecule has 0 saturated carbocycles. The first-order valence-electron chi connectivity index (χ1n) is 6.85. The van der Waals surface area contributed by atoms with E-state index in [4.69, 9.17) is 9.47 Å². The molecule has 2 aromatic carbocycles. The summed E-state index contributed by atoms with van der Waals surface area (Å²) in [5, 5.41) is 0. The summed E-state index contributed by atoms with van der Waals surface area (Å²) in [5.41, 5.74) is 0.960. The first-order chi connectivity index (χ1) is 10.6. The van der Waals surface area contributed by atoms with E-state index < -0.39 is 0 Å². The maximum Gasteiger partial charge on any atom is 0.260 e. The van der Waals surface area contributed by atoms with Gasteiger partial charge in [0.15, 0.2) is 6.61 Å². The highest BCUT2D eigenvalue weighted by atomic mass is 79.9. The van der Waals surface area contributed by atoms with Crippen molar-refractivity contribution in [3.63, 3.8) is 0 Å². The van der Waals surface area contributed by atoms with Gasteiger partial charge in [-0.2, -0.15) is 0 Å². The molecule has 0 N–H and O–H groups in total. The van der Waals surface area contributed by atoms with Crippen molar-refractivity contribution in [2.75, 3.05) is 20.8 Å². The maximum atomic E-state index is 12.2. The zero-order chi connectivity index (χ0) is 15.9. The van der Waals surface area contributed by atoms with Crippen LogP contribution < -0.4 is 9.47 Å². The van der Waals surface area contributed by atoms with Gasteiger partial charge in [0, 0.05) is 19.2 Å². The molecule has 0 radical (unpaired) electrons. The largest absolute Gasteiger partial charge is 0.496 e. The van der Waals surface area contributed by atoms with Crippen molar-refractivity contribution in [1.82, 2.24) is 4.90 Å². The van der Waals surface area contributed by atoms with Crippen molar-refractivity contribution < 1.29 is 14.3 Å². The number of likely N-dealkylation sites (N-methyl/N-ethyl adjacent to an activating group) is 1. The molecule has 0 aromatic heterocycles. The number of methoxy groups -OCH3 is 1. The van der Waals surface area contributed by atoms with Crippen LogP contribution in [0.5, 0.6) is 11.5 Å². The van der Waals surface area contributed by atoms with E-state index in [2.05, 4.69) is 15.9 Å². The quantitative estimate of drug-likeness (QED) is 0.788. The number of hydrogen-bond donors (Lipinski definition) is 0. The van der Waals surface area contributed by atoms with E-state index in [1.807, 2.05) is 48.5 Å². The molecule has 0 aliphatic rings. The number of benzene rings is 2. The SMILES string of the molecule is COc1ccccc1CN(C)C(=O)COc1ccccc1Br. The van der Waals surface area contributed by atoms with E-state index in [0.29, 0.717) is 12.3 Å². The maximum absolute atomic E-state index is 12.2. The van der Waals surface area contributed by atoms with Gasteiger partial charge < -0.3 is 14.4 Å². The van der Waals surface area contributed by atoms with E-state index in [9.17, 15) is 4.79 Å². The Hall–Kier alpha value is -2.01. The molecule has 0 aliphatic carbocycles. The fraction of sp³-hybridized carbons (Fsp3) is 0.235. The van der Waals surface area contributed by atoms with Crippen LogP contribution in [0.1, 0.15) is 5.56 Å². The summed E-state index contributed by atoms with van der Waals surface area (Å²) in [6.45, 7) is 0.469. The van der Waals surface area contributed by atoms with Crippen LogP contribution in [0.4, 0.5) is 0 Å². The minimum atomic E-state index is -0.0957. The Morgan fingerprint density at radius 3 is 2.41 bits per heavy atom. The molecule has 0 heterocycles. The summed E-state index contributed by atoms with van der Waals surface area (Å²) in [4.78, 5) is 13.8. The normalized spacial score (nSPS) is 10.1. The van der Waals surface area contributed by atoms with Gasteiger partial charge in [-0.05, 0) is 34.1 Å². The summed E-state index contributed by atoms with van der Waals surface area (Å²) >= 11 is 3.39. The van der Waals surface area contributed by atoms with E-state index in [1.165, 1.54) is 0 Å². The number of carbonyl (C=O) groups is 1. The van der Waals surface area contributed by atoms with Crippen molar-refractivity contribution in [2.45, 2.75) is 6.54 Å². The average molecular weight is 364 g/mol. The Balaban J connectivity index is 1.94. The van der Waals surface area contributed by atoms with Gasteiger partial charge in [0.25, 0.3) is 5.91 Å². The molecule has 0 fully saturated rings. The van der Waals surface area contributed by atoms with Crippen LogP contribution in [0.15, 0.2) is 53.0 Å². The Morgan fingerprint density at radius 2 is 1.73 bits per heavy atom. The minimum absolute atomic E-state index is 0.00569. The van der Waals surface area contributed by atoms with Crippen LogP contribution in [-0.2, 0) is 11.3 Å². The molecule has 0 unspecified atom stereocenters. The standard InChI is InChI=1S/C17H18BrNO3/c1-19(11-13-7-3-5-9-15(13)21-2)17(20)12-22-16-10-6-4-8-14(16)18/h3-10H,11-12H2,1-2H3. The van der Waals surface area contributed by atoms with Crippen molar-refractivity contribution in [3.8, 4) is 11.5 Å². The molecule has 0 spiro atoms. The summed E-state index contributed by atoms with van der Waals surface area (Å²) in [6.07, 6.45) is 0. The molecule has 2 aromatic rings. The highest BCUT2D eigenvalue weighted by molar-refractivity contribution is 9.10. The highest BCUT2D eigenvalue weighted by Gasteiger charge is 2.13. The average Bonchev–Trinajstić information content (AvgIpc) is 2.54. The zero-order valence-electron chi connectivity index (χ0n) is 12.6.